The molecule has 0 bridgehead atoms. The van der Waals surface area contributed by atoms with Gasteiger partial charge in [0.1, 0.15) is 0 Å². The topological polar surface area (TPSA) is 49.9 Å². The van der Waals surface area contributed by atoms with Crippen LogP contribution in [0.5, 0.6) is 0 Å². The zero-order valence-corrected chi connectivity index (χ0v) is 16.5. The first-order chi connectivity index (χ1) is 12.7. The Morgan fingerprint density at radius 1 is 0.962 bits per heavy atom. The largest absolute Gasteiger partial charge is 0.354 e. The Bertz CT molecular complexity index is 913. The summed E-state index contributed by atoms with van der Waals surface area (Å²) in [6, 6.07) is 12.7. The first kappa shape index (κ1) is 18.8. The highest BCUT2D eigenvalue weighted by Gasteiger charge is 2.13. The van der Waals surface area contributed by atoms with Crippen molar-refractivity contribution in [2.24, 2.45) is 0 Å². The molecule has 3 nitrogen and oxygen atoms in total. The molecule has 3 aromatic rings. The Labute approximate surface area is 162 Å². The number of unbranched alkanes of at least 4 members (excludes halogenated alkanes) is 3. The van der Waals surface area contributed by atoms with E-state index in [1.54, 1.807) is 0 Å². The minimum absolute atomic E-state index is 0.272. The third kappa shape index (κ3) is 4.24. The van der Waals surface area contributed by atoms with Gasteiger partial charge in [-0.1, -0.05) is 59.1 Å². The van der Waals surface area contributed by atoms with Crippen LogP contribution in [0.4, 0.5) is 0 Å². The Kier molecular flexibility index (Phi) is 6.62. The summed E-state index contributed by atoms with van der Waals surface area (Å²) in [5.41, 5.74) is 4.71. The van der Waals surface area contributed by atoms with Gasteiger partial charge in [-0.25, -0.2) is 0 Å². The molecule has 0 radical (unpaired) electrons. The van der Waals surface area contributed by atoms with Crippen molar-refractivity contribution < 1.29 is 9.59 Å². The normalized spacial score (nSPS) is 11.3. The molecule has 0 saturated heterocycles. The number of hydrogen-bond acceptors (Lipinski definition) is 2. The van der Waals surface area contributed by atoms with Crippen LogP contribution in [0.15, 0.2) is 36.4 Å². The predicted molar refractivity (Wildman–Crippen MR) is 111 cm³/mol. The Balaban J connectivity index is 1.92. The van der Waals surface area contributed by atoms with Crippen LogP contribution in [0.2, 0.25) is 0 Å². The second-order valence-corrected chi connectivity index (χ2v) is 7.53. The average molecular weight is 414 g/mol. The summed E-state index contributed by atoms with van der Waals surface area (Å²) in [4.78, 5) is 25.8. The summed E-state index contributed by atoms with van der Waals surface area (Å²) in [6.07, 6.45) is 7.13. The molecule has 0 aliphatic rings. The van der Waals surface area contributed by atoms with Crippen LogP contribution in [0.1, 0.15) is 43.2 Å². The number of aromatic nitrogens is 1. The molecule has 136 valence electrons. The second-order valence-electron chi connectivity index (χ2n) is 6.73. The summed E-state index contributed by atoms with van der Waals surface area (Å²) in [5, 5.41) is 3.46. The Morgan fingerprint density at radius 2 is 1.77 bits per heavy atom. The number of para-hydroxylation sites is 1. The van der Waals surface area contributed by atoms with Crippen molar-refractivity contribution in [3.8, 4) is 0 Å². The number of carbonyl (C=O) groups is 2. The number of fused-ring (bicyclic) bond motifs is 3. The van der Waals surface area contributed by atoms with Gasteiger partial charge in [0, 0.05) is 33.6 Å². The molecule has 3 rings (SSSR count). The molecule has 0 aliphatic heterocycles. The third-order valence-electron chi connectivity index (χ3n) is 4.97. The monoisotopic (exact) mass is 413 g/mol. The van der Waals surface area contributed by atoms with E-state index in [1.807, 2.05) is 12.1 Å². The second kappa shape index (κ2) is 9.13. The number of rotatable bonds is 10. The van der Waals surface area contributed by atoms with Crippen LogP contribution < -0.4 is 0 Å². The van der Waals surface area contributed by atoms with Crippen LogP contribution in [0.3, 0.4) is 0 Å². The molecule has 0 aliphatic carbocycles. The van der Waals surface area contributed by atoms with Crippen molar-refractivity contribution in [3.63, 3.8) is 0 Å². The van der Waals surface area contributed by atoms with Gasteiger partial charge in [-0.3, -0.25) is 9.59 Å². The highest BCUT2D eigenvalue weighted by molar-refractivity contribution is 9.09. The van der Waals surface area contributed by atoms with E-state index in [-0.39, 0.29) is 12.2 Å². The van der Waals surface area contributed by atoms with Crippen molar-refractivity contribution in [1.82, 2.24) is 4.98 Å². The number of Topliss-reactive ketones (excluding diaryl/α,β-unsaturated/α-hetero) is 1. The fourth-order valence-electron chi connectivity index (χ4n) is 3.61. The number of aldehydes is 1. The van der Waals surface area contributed by atoms with Gasteiger partial charge in [-0.05, 0) is 42.9 Å². The lowest BCUT2D eigenvalue weighted by Crippen LogP contribution is -2.04. The summed E-state index contributed by atoms with van der Waals surface area (Å²) < 4.78 is 0. The highest BCUT2D eigenvalue weighted by Crippen LogP contribution is 2.31. The smallest absolute Gasteiger partial charge is 0.195 e. The zero-order chi connectivity index (χ0) is 18.4. The predicted octanol–water partition coefficient (Wildman–Crippen LogP) is 5.52. The average Bonchev–Trinajstić information content (AvgIpc) is 3.05. The minimum atomic E-state index is -0.332. The first-order valence-corrected chi connectivity index (χ1v) is 10.4. The standard InChI is InChI=1S/C22H24BrNO2/c23-14-6-2-1-3-7-16-10-12-20-19-8-4-5-9-21(19)24-22(20)18(16)13-11-17(26)15-25/h4-5,8-10,12,15,24H,1-3,6-7,11,13-14H2. The van der Waals surface area contributed by atoms with E-state index in [0.717, 1.165) is 29.2 Å². The van der Waals surface area contributed by atoms with Crippen LogP contribution >= 0.6 is 15.9 Å². The minimum Gasteiger partial charge on any atom is -0.354 e. The molecule has 1 N–H and O–H groups in total. The van der Waals surface area contributed by atoms with Gasteiger partial charge >= 0.3 is 0 Å². The van der Waals surface area contributed by atoms with E-state index in [4.69, 9.17) is 0 Å². The fourth-order valence-corrected chi connectivity index (χ4v) is 4.01. The summed E-state index contributed by atoms with van der Waals surface area (Å²) in [6.45, 7) is 0. The molecule has 4 heteroatoms. The van der Waals surface area contributed by atoms with Crippen molar-refractivity contribution in [3.05, 3.63) is 47.5 Å². The summed E-state index contributed by atoms with van der Waals surface area (Å²) >= 11 is 3.48. The van der Waals surface area contributed by atoms with Crippen molar-refractivity contribution in [1.29, 1.82) is 0 Å². The maximum Gasteiger partial charge on any atom is 0.195 e. The molecule has 26 heavy (non-hydrogen) atoms. The van der Waals surface area contributed by atoms with Gasteiger partial charge < -0.3 is 4.98 Å². The lowest BCUT2D eigenvalue weighted by Gasteiger charge is -2.11. The number of aromatic amines is 1. The van der Waals surface area contributed by atoms with Crippen molar-refractivity contribution in [2.75, 3.05) is 5.33 Å². The zero-order valence-electron chi connectivity index (χ0n) is 14.9. The molecule has 0 atom stereocenters. The Morgan fingerprint density at radius 3 is 2.58 bits per heavy atom. The van der Waals surface area contributed by atoms with E-state index in [0.29, 0.717) is 12.7 Å². The maximum atomic E-state index is 11.6. The number of H-pyrrole nitrogens is 1. The van der Waals surface area contributed by atoms with Gasteiger partial charge in [0.15, 0.2) is 12.1 Å². The molecule has 0 fully saturated rings. The SMILES string of the molecule is O=CC(=O)CCc1c(CCCCCCBr)ccc2c1[nH]c1ccccc12. The van der Waals surface area contributed by atoms with Gasteiger partial charge in [0.05, 0.1) is 0 Å². The molecule has 0 spiro atoms. The summed E-state index contributed by atoms with van der Waals surface area (Å²) in [5.74, 6) is -0.332. The number of hydrogen-bond donors (Lipinski definition) is 1. The van der Waals surface area contributed by atoms with Gasteiger partial charge in [0.25, 0.3) is 0 Å². The molecule has 0 unspecified atom stereocenters. The summed E-state index contributed by atoms with van der Waals surface area (Å²) in [7, 11) is 0. The van der Waals surface area contributed by atoms with E-state index >= 15 is 0 Å². The number of benzene rings is 2. The van der Waals surface area contributed by atoms with Crippen LogP contribution in [0, 0.1) is 0 Å². The van der Waals surface area contributed by atoms with Gasteiger partial charge in [-0.2, -0.15) is 0 Å². The highest BCUT2D eigenvalue weighted by atomic mass is 79.9. The first-order valence-electron chi connectivity index (χ1n) is 9.29. The Hall–Kier alpha value is -1.94. The fraction of sp³-hybridized carbons (Fsp3) is 0.364. The molecular formula is C22H24BrNO2. The number of ketones is 1. The van der Waals surface area contributed by atoms with E-state index in [9.17, 15) is 9.59 Å². The lowest BCUT2D eigenvalue weighted by atomic mass is 9.94. The molecule has 1 heterocycles. The molecule has 2 aromatic carbocycles. The number of aryl methyl sites for hydroxylation is 2. The van der Waals surface area contributed by atoms with E-state index in [1.165, 1.54) is 41.2 Å². The van der Waals surface area contributed by atoms with Crippen LogP contribution in [0.25, 0.3) is 21.8 Å². The maximum absolute atomic E-state index is 11.6. The molecule has 0 amide bonds. The van der Waals surface area contributed by atoms with Crippen LogP contribution in [-0.2, 0) is 22.4 Å². The van der Waals surface area contributed by atoms with E-state index in [2.05, 4.69) is 45.2 Å². The number of alkyl halides is 1. The van der Waals surface area contributed by atoms with Gasteiger partial charge in [0.2, 0.25) is 0 Å². The van der Waals surface area contributed by atoms with Crippen molar-refractivity contribution in [2.45, 2.75) is 44.9 Å². The van der Waals surface area contributed by atoms with E-state index < -0.39 is 0 Å². The molecule has 1 aromatic heterocycles. The molecule has 0 saturated carbocycles. The van der Waals surface area contributed by atoms with Crippen molar-refractivity contribution >= 4 is 49.8 Å². The lowest BCUT2D eigenvalue weighted by molar-refractivity contribution is -0.129. The molecular weight excluding hydrogens is 390 g/mol. The number of halogens is 1. The van der Waals surface area contributed by atoms with Crippen LogP contribution in [-0.4, -0.2) is 22.4 Å². The number of carbonyl (C=O) groups excluding carboxylic acids is 2. The number of nitrogens with one attached hydrogen (secondary N) is 1. The quantitative estimate of drug-likeness (QED) is 0.206. The van der Waals surface area contributed by atoms with Gasteiger partial charge in [-0.15, -0.1) is 0 Å². The third-order valence-corrected chi connectivity index (χ3v) is 5.53.